The lowest BCUT2D eigenvalue weighted by Crippen LogP contribution is -2.55. The Balaban J connectivity index is 1.64. The number of hydrogen-bond donors (Lipinski definition) is 1. The van der Waals surface area contributed by atoms with Crippen molar-refractivity contribution >= 4 is 48.2 Å². The molecular weight excluding hydrogens is 440 g/mol. The minimum absolute atomic E-state index is 0.0140. The number of hydrogen-bond acceptors (Lipinski definition) is 4. The van der Waals surface area contributed by atoms with E-state index in [1.807, 2.05) is 37.8 Å². The lowest BCUT2D eigenvalue weighted by Gasteiger charge is -2.40. The Hall–Kier alpha value is -2.38. The van der Waals surface area contributed by atoms with Gasteiger partial charge in [-0.25, -0.2) is 9.78 Å². The number of amides is 2. The third kappa shape index (κ3) is 5.50. The standard InChI is InChI=1S/C24H33ClN4O2Si/c1-16(2)22(30)18-13-21(25)23(26-14-18)28-11-12-29(17(3)15-28)24(31)27-19-7-9-20(10-8-19)32(4,5)6/h7-10,13-14,16-17H,11-12,15H2,1-6H3,(H,27,31). The Labute approximate surface area is 197 Å². The third-order valence-electron chi connectivity index (χ3n) is 5.82. The van der Waals surface area contributed by atoms with E-state index in [1.54, 1.807) is 12.3 Å². The zero-order valence-electron chi connectivity index (χ0n) is 19.8. The van der Waals surface area contributed by atoms with E-state index in [0.717, 1.165) is 5.69 Å². The topological polar surface area (TPSA) is 65.5 Å². The highest BCUT2D eigenvalue weighted by atomic mass is 35.5. The quantitative estimate of drug-likeness (QED) is 0.498. The van der Waals surface area contributed by atoms with Crippen LogP contribution >= 0.6 is 11.6 Å². The van der Waals surface area contributed by atoms with Gasteiger partial charge in [-0.05, 0) is 25.1 Å². The predicted octanol–water partition coefficient (Wildman–Crippen LogP) is 4.86. The first-order valence-electron chi connectivity index (χ1n) is 11.1. The van der Waals surface area contributed by atoms with Crippen LogP contribution in [0.25, 0.3) is 0 Å². The number of anilines is 2. The van der Waals surface area contributed by atoms with Crippen LogP contribution in [0.3, 0.4) is 0 Å². The number of pyridine rings is 1. The van der Waals surface area contributed by atoms with Crippen molar-refractivity contribution in [1.29, 1.82) is 0 Å². The molecule has 32 heavy (non-hydrogen) atoms. The maximum absolute atomic E-state index is 12.9. The van der Waals surface area contributed by atoms with Crippen LogP contribution in [0.1, 0.15) is 31.1 Å². The second-order valence-corrected chi connectivity index (χ2v) is 15.3. The summed E-state index contributed by atoms with van der Waals surface area (Å²) in [6, 6.07) is 9.77. The van der Waals surface area contributed by atoms with Gasteiger partial charge in [0.25, 0.3) is 0 Å². The maximum atomic E-state index is 12.9. The molecule has 1 aliphatic rings. The zero-order valence-corrected chi connectivity index (χ0v) is 21.5. The molecule has 1 aromatic heterocycles. The number of benzene rings is 1. The van der Waals surface area contributed by atoms with Crippen molar-refractivity contribution in [1.82, 2.24) is 9.88 Å². The van der Waals surface area contributed by atoms with Crippen LogP contribution in [0.2, 0.25) is 24.7 Å². The third-order valence-corrected chi connectivity index (χ3v) is 8.16. The van der Waals surface area contributed by atoms with Crippen LogP contribution in [0.4, 0.5) is 16.3 Å². The van der Waals surface area contributed by atoms with E-state index in [0.29, 0.717) is 36.0 Å². The monoisotopic (exact) mass is 472 g/mol. The molecule has 0 spiro atoms. The van der Waals surface area contributed by atoms with Crippen molar-refractivity contribution < 1.29 is 9.59 Å². The minimum atomic E-state index is -1.36. The van der Waals surface area contributed by atoms with Gasteiger partial charge >= 0.3 is 6.03 Å². The fourth-order valence-electron chi connectivity index (χ4n) is 3.83. The fourth-order valence-corrected chi connectivity index (χ4v) is 5.28. The van der Waals surface area contributed by atoms with Crippen LogP contribution in [-0.4, -0.2) is 55.4 Å². The molecule has 3 rings (SSSR count). The first kappa shape index (κ1) is 24.3. The first-order valence-corrected chi connectivity index (χ1v) is 15.0. The van der Waals surface area contributed by atoms with Gasteiger partial charge in [-0.2, -0.15) is 0 Å². The molecule has 1 saturated heterocycles. The normalized spacial score (nSPS) is 16.9. The minimum Gasteiger partial charge on any atom is -0.352 e. The van der Waals surface area contributed by atoms with Crippen LogP contribution in [0.15, 0.2) is 36.5 Å². The Morgan fingerprint density at radius 1 is 1.16 bits per heavy atom. The molecule has 1 N–H and O–H groups in total. The Bertz CT molecular complexity index is 988. The second-order valence-electron chi connectivity index (χ2n) is 9.79. The van der Waals surface area contributed by atoms with Crippen molar-refractivity contribution in [2.75, 3.05) is 29.9 Å². The molecule has 1 atom stereocenters. The Morgan fingerprint density at radius 3 is 2.34 bits per heavy atom. The number of carbonyl (C=O) groups is 2. The van der Waals surface area contributed by atoms with Gasteiger partial charge in [0.15, 0.2) is 5.78 Å². The van der Waals surface area contributed by atoms with E-state index in [1.165, 1.54) is 5.19 Å². The van der Waals surface area contributed by atoms with E-state index >= 15 is 0 Å². The zero-order chi connectivity index (χ0) is 23.6. The molecule has 2 amide bonds. The molecule has 0 saturated carbocycles. The Morgan fingerprint density at radius 2 is 1.81 bits per heavy atom. The summed E-state index contributed by atoms with van der Waals surface area (Å²) in [7, 11) is -1.36. The first-order chi connectivity index (χ1) is 15.0. The summed E-state index contributed by atoms with van der Waals surface area (Å²) in [5.41, 5.74) is 1.33. The van der Waals surface area contributed by atoms with Crippen molar-refractivity contribution in [3.63, 3.8) is 0 Å². The van der Waals surface area contributed by atoms with Gasteiger partial charge in [-0.1, -0.05) is 62.4 Å². The summed E-state index contributed by atoms with van der Waals surface area (Å²) in [5, 5.41) is 4.85. The summed E-state index contributed by atoms with van der Waals surface area (Å²) in [5.74, 6) is 0.576. The molecular formula is C24H33ClN4O2Si. The van der Waals surface area contributed by atoms with Gasteiger partial charge in [0.05, 0.1) is 13.1 Å². The van der Waals surface area contributed by atoms with Crippen molar-refractivity contribution in [2.24, 2.45) is 5.92 Å². The number of ketones is 1. The highest BCUT2D eigenvalue weighted by Gasteiger charge is 2.29. The molecule has 1 fully saturated rings. The number of urea groups is 1. The highest BCUT2D eigenvalue weighted by Crippen LogP contribution is 2.27. The van der Waals surface area contributed by atoms with Crippen LogP contribution in [0.5, 0.6) is 0 Å². The van der Waals surface area contributed by atoms with E-state index in [2.05, 4.69) is 47.0 Å². The molecule has 1 aliphatic heterocycles. The highest BCUT2D eigenvalue weighted by molar-refractivity contribution is 6.88. The predicted molar refractivity (Wildman–Crippen MR) is 135 cm³/mol. The van der Waals surface area contributed by atoms with E-state index in [4.69, 9.17) is 11.6 Å². The number of rotatable bonds is 5. The van der Waals surface area contributed by atoms with Crippen molar-refractivity contribution in [3.05, 3.63) is 47.1 Å². The lowest BCUT2D eigenvalue weighted by molar-refractivity contribution is 0.0939. The SMILES string of the molecule is CC(C)C(=O)c1cnc(N2CCN(C(=O)Nc3ccc([Si](C)(C)C)cc3)C(C)C2)c(Cl)c1. The average molecular weight is 473 g/mol. The van der Waals surface area contributed by atoms with E-state index in [-0.39, 0.29) is 23.8 Å². The number of aromatic nitrogens is 1. The molecule has 8 heteroatoms. The number of Topliss-reactive ketones (excluding diaryl/α,β-unsaturated/α-hetero) is 1. The molecule has 6 nitrogen and oxygen atoms in total. The number of halogens is 1. The summed E-state index contributed by atoms with van der Waals surface area (Å²) in [6.45, 7) is 14.4. The van der Waals surface area contributed by atoms with Gasteiger partial charge in [-0.3, -0.25) is 4.79 Å². The molecule has 0 aliphatic carbocycles. The summed E-state index contributed by atoms with van der Waals surface area (Å²) >= 11 is 6.46. The average Bonchev–Trinajstić information content (AvgIpc) is 2.72. The second kappa shape index (κ2) is 9.63. The molecule has 2 heterocycles. The summed E-state index contributed by atoms with van der Waals surface area (Å²) < 4.78 is 0. The van der Waals surface area contributed by atoms with Gasteiger partial charge in [0.1, 0.15) is 5.82 Å². The van der Waals surface area contributed by atoms with Gasteiger partial charge in [-0.15, -0.1) is 0 Å². The molecule has 2 aromatic rings. The fraction of sp³-hybridized carbons (Fsp3) is 0.458. The molecule has 1 unspecified atom stereocenters. The van der Waals surface area contributed by atoms with Gasteiger partial charge in [0.2, 0.25) is 0 Å². The number of carbonyl (C=O) groups excluding carboxylic acids is 2. The maximum Gasteiger partial charge on any atom is 0.322 e. The van der Waals surface area contributed by atoms with Gasteiger partial charge in [0, 0.05) is 49.0 Å². The van der Waals surface area contributed by atoms with Crippen LogP contribution < -0.4 is 15.4 Å². The lowest BCUT2D eigenvalue weighted by atomic mass is 10.0. The van der Waals surface area contributed by atoms with Gasteiger partial charge < -0.3 is 15.1 Å². The molecule has 1 aromatic carbocycles. The molecule has 0 radical (unpaired) electrons. The van der Waals surface area contributed by atoms with Crippen LogP contribution in [0, 0.1) is 5.92 Å². The molecule has 0 bridgehead atoms. The smallest absolute Gasteiger partial charge is 0.322 e. The van der Waals surface area contributed by atoms with E-state index in [9.17, 15) is 9.59 Å². The summed E-state index contributed by atoms with van der Waals surface area (Å²) in [6.07, 6.45) is 1.59. The summed E-state index contributed by atoms with van der Waals surface area (Å²) in [4.78, 5) is 33.5. The number of nitrogens with one attached hydrogen (secondary N) is 1. The number of nitrogens with zero attached hydrogens (tertiary/aromatic N) is 3. The van der Waals surface area contributed by atoms with Crippen molar-refractivity contribution in [3.8, 4) is 0 Å². The largest absolute Gasteiger partial charge is 0.352 e. The number of piperazine rings is 1. The Kier molecular flexibility index (Phi) is 7.30. The van der Waals surface area contributed by atoms with Crippen molar-refractivity contribution in [2.45, 2.75) is 46.5 Å². The van der Waals surface area contributed by atoms with E-state index < -0.39 is 8.07 Å². The van der Waals surface area contributed by atoms with Crippen LogP contribution in [-0.2, 0) is 0 Å². The molecule has 172 valence electrons.